The number of phosphoric acid groups is 1. The summed E-state index contributed by atoms with van der Waals surface area (Å²) in [6, 6.07) is 20.9. The summed E-state index contributed by atoms with van der Waals surface area (Å²) in [4.78, 5) is 12.5. The van der Waals surface area contributed by atoms with Crippen molar-refractivity contribution in [3.05, 3.63) is 71.8 Å². The Hall–Kier alpha value is -1.49. The molecule has 250 valence electrons. The van der Waals surface area contributed by atoms with Gasteiger partial charge >= 0.3 is 7.82 Å². The summed E-state index contributed by atoms with van der Waals surface area (Å²) < 4.78 is 23.0. The van der Waals surface area contributed by atoms with Crippen molar-refractivity contribution in [1.29, 1.82) is 0 Å². The molecule has 1 saturated heterocycles. The first-order valence-corrected chi connectivity index (χ1v) is 19.5. The SMILES string of the molecule is CCCCCCCCCCCCCCCCCCOP(=O)(O)OC1CCN(Cc2ccccc2)CC1.CCc1ccccc1. The van der Waals surface area contributed by atoms with E-state index in [0.717, 1.165) is 51.7 Å². The Balaban J connectivity index is 0.000000727. The van der Waals surface area contributed by atoms with Crippen molar-refractivity contribution in [1.82, 2.24) is 4.90 Å². The summed E-state index contributed by atoms with van der Waals surface area (Å²) in [7, 11) is -3.96. The number of hydrogen-bond acceptors (Lipinski definition) is 4. The van der Waals surface area contributed by atoms with Gasteiger partial charge in [-0.15, -0.1) is 0 Å². The highest BCUT2D eigenvalue weighted by atomic mass is 31.2. The van der Waals surface area contributed by atoms with Crippen LogP contribution >= 0.6 is 7.82 Å². The molecule has 0 saturated carbocycles. The van der Waals surface area contributed by atoms with E-state index in [0.29, 0.717) is 6.61 Å². The third-order valence-corrected chi connectivity index (χ3v) is 9.64. The average Bonchev–Trinajstić information content (AvgIpc) is 3.04. The highest BCUT2D eigenvalue weighted by Gasteiger charge is 2.29. The number of rotatable bonds is 23. The van der Waals surface area contributed by atoms with Crippen LogP contribution in [0, 0.1) is 0 Å². The molecular formula is C38H64NO4P. The van der Waals surface area contributed by atoms with Crippen LogP contribution in [-0.2, 0) is 26.6 Å². The van der Waals surface area contributed by atoms with E-state index < -0.39 is 7.82 Å². The van der Waals surface area contributed by atoms with Crippen LogP contribution in [0.1, 0.15) is 141 Å². The van der Waals surface area contributed by atoms with Gasteiger partial charge in [-0.1, -0.05) is 171 Å². The Kier molecular flexibility index (Phi) is 22.6. The van der Waals surface area contributed by atoms with E-state index in [9.17, 15) is 9.46 Å². The summed E-state index contributed by atoms with van der Waals surface area (Å²) in [5, 5.41) is 0. The number of unbranched alkanes of at least 4 members (excludes halogenated alkanes) is 15. The van der Waals surface area contributed by atoms with E-state index in [1.165, 1.54) is 101 Å². The van der Waals surface area contributed by atoms with E-state index in [-0.39, 0.29) is 6.10 Å². The highest BCUT2D eigenvalue weighted by Crippen LogP contribution is 2.46. The molecule has 1 atom stereocenters. The largest absolute Gasteiger partial charge is 0.472 e. The number of likely N-dealkylation sites (tertiary alicyclic amines) is 1. The van der Waals surface area contributed by atoms with Crippen molar-refractivity contribution >= 4 is 7.82 Å². The summed E-state index contributed by atoms with van der Waals surface area (Å²) in [5.41, 5.74) is 2.71. The fourth-order valence-corrected chi connectivity index (χ4v) is 6.79. The van der Waals surface area contributed by atoms with Crippen molar-refractivity contribution < 1.29 is 18.5 Å². The van der Waals surface area contributed by atoms with Crippen molar-refractivity contribution in [2.75, 3.05) is 19.7 Å². The van der Waals surface area contributed by atoms with Gasteiger partial charge in [-0.3, -0.25) is 13.9 Å². The molecule has 2 aromatic carbocycles. The van der Waals surface area contributed by atoms with Crippen molar-refractivity contribution in [3.8, 4) is 0 Å². The van der Waals surface area contributed by atoms with Crippen molar-refractivity contribution in [2.45, 2.75) is 148 Å². The van der Waals surface area contributed by atoms with Gasteiger partial charge in [-0.25, -0.2) is 4.57 Å². The topological polar surface area (TPSA) is 59.0 Å². The molecular weight excluding hydrogens is 565 g/mol. The van der Waals surface area contributed by atoms with Crippen LogP contribution in [0.25, 0.3) is 0 Å². The van der Waals surface area contributed by atoms with Crippen LogP contribution in [0.4, 0.5) is 0 Å². The first-order valence-electron chi connectivity index (χ1n) is 18.0. The smallest absolute Gasteiger partial charge is 0.302 e. The average molecular weight is 630 g/mol. The lowest BCUT2D eigenvalue weighted by molar-refractivity contribution is 0.0552. The third kappa shape index (κ3) is 20.5. The first-order chi connectivity index (χ1) is 21.5. The van der Waals surface area contributed by atoms with Gasteiger partial charge in [0.1, 0.15) is 0 Å². The van der Waals surface area contributed by atoms with Gasteiger partial charge in [0.05, 0.1) is 12.7 Å². The van der Waals surface area contributed by atoms with Crippen LogP contribution in [-0.4, -0.2) is 35.6 Å². The second kappa shape index (κ2) is 25.7. The fraction of sp³-hybridized carbons (Fsp3) is 0.684. The minimum Gasteiger partial charge on any atom is -0.302 e. The van der Waals surface area contributed by atoms with Gasteiger partial charge in [0, 0.05) is 19.6 Å². The Morgan fingerprint density at radius 1 is 0.659 bits per heavy atom. The molecule has 0 aromatic heterocycles. The van der Waals surface area contributed by atoms with Crippen molar-refractivity contribution in [2.24, 2.45) is 0 Å². The first kappa shape index (κ1) is 38.7. The van der Waals surface area contributed by atoms with Gasteiger partial charge in [0.15, 0.2) is 0 Å². The molecule has 0 bridgehead atoms. The summed E-state index contributed by atoms with van der Waals surface area (Å²) in [6.07, 6.45) is 23.4. The van der Waals surface area contributed by atoms with E-state index in [4.69, 9.17) is 9.05 Å². The number of aryl methyl sites for hydroxylation is 1. The maximum Gasteiger partial charge on any atom is 0.472 e. The van der Waals surface area contributed by atoms with E-state index in [2.05, 4.69) is 67.3 Å². The molecule has 1 fully saturated rings. The maximum atomic E-state index is 12.3. The zero-order chi connectivity index (χ0) is 31.6. The molecule has 3 rings (SSSR count). The summed E-state index contributed by atoms with van der Waals surface area (Å²) in [5.74, 6) is 0. The van der Waals surface area contributed by atoms with E-state index >= 15 is 0 Å². The molecule has 0 amide bonds. The van der Waals surface area contributed by atoms with Crippen LogP contribution in [0.3, 0.4) is 0 Å². The second-order valence-corrected chi connectivity index (χ2v) is 13.9. The Morgan fingerprint density at radius 3 is 1.52 bits per heavy atom. The maximum absolute atomic E-state index is 12.3. The van der Waals surface area contributed by atoms with Crippen LogP contribution in [0.2, 0.25) is 0 Å². The number of hydrogen-bond donors (Lipinski definition) is 1. The summed E-state index contributed by atoms with van der Waals surface area (Å²) in [6.45, 7) is 7.41. The third-order valence-electron chi connectivity index (χ3n) is 8.57. The molecule has 1 aliphatic rings. The minimum atomic E-state index is -3.96. The molecule has 6 heteroatoms. The monoisotopic (exact) mass is 629 g/mol. The predicted octanol–water partition coefficient (Wildman–Crippen LogP) is 11.3. The van der Waals surface area contributed by atoms with Gasteiger partial charge in [-0.05, 0) is 36.8 Å². The highest BCUT2D eigenvalue weighted by molar-refractivity contribution is 7.47. The molecule has 1 aliphatic heterocycles. The van der Waals surface area contributed by atoms with E-state index in [1.807, 2.05) is 12.1 Å². The molecule has 1 unspecified atom stereocenters. The Bertz CT molecular complexity index is 950. The molecule has 2 aromatic rings. The molecule has 5 nitrogen and oxygen atoms in total. The molecule has 0 aliphatic carbocycles. The van der Waals surface area contributed by atoms with Crippen LogP contribution in [0.5, 0.6) is 0 Å². The molecule has 1 N–H and O–H groups in total. The molecule has 44 heavy (non-hydrogen) atoms. The quantitative estimate of drug-likeness (QED) is 0.0979. The Labute approximate surface area is 270 Å². The Morgan fingerprint density at radius 2 is 1.09 bits per heavy atom. The number of piperidine rings is 1. The minimum absolute atomic E-state index is 0.196. The van der Waals surface area contributed by atoms with Gasteiger partial charge in [0.25, 0.3) is 0 Å². The number of phosphoric ester groups is 1. The van der Waals surface area contributed by atoms with Crippen LogP contribution < -0.4 is 0 Å². The molecule has 0 spiro atoms. The standard InChI is InChI=1S/C30H54NO4P.C8H10/c1-2-3-4-5-6-7-8-9-10-11-12-13-14-15-16-20-27-34-36(32,33)35-30-23-25-31(26-24-30)28-29-21-18-17-19-22-29;1-2-8-6-4-3-5-7-8/h17-19,21-22,30H,2-16,20,23-28H2,1H3,(H,32,33);3-7H,2H2,1H3. The summed E-state index contributed by atoms with van der Waals surface area (Å²) >= 11 is 0. The lowest BCUT2D eigenvalue weighted by atomic mass is 10.0. The van der Waals surface area contributed by atoms with Gasteiger partial charge in [-0.2, -0.15) is 0 Å². The van der Waals surface area contributed by atoms with E-state index in [1.54, 1.807) is 0 Å². The molecule has 0 radical (unpaired) electrons. The van der Waals surface area contributed by atoms with Crippen molar-refractivity contribution in [3.63, 3.8) is 0 Å². The normalized spacial score (nSPS) is 15.4. The van der Waals surface area contributed by atoms with Crippen LogP contribution in [0.15, 0.2) is 60.7 Å². The predicted molar refractivity (Wildman–Crippen MR) is 187 cm³/mol. The van der Waals surface area contributed by atoms with Gasteiger partial charge < -0.3 is 4.89 Å². The lowest BCUT2D eigenvalue weighted by Gasteiger charge is -2.32. The zero-order valence-corrected chi connectivity index (χ0v) is 29.1. The molecule has 1 heterocycles. The lowest BCUT2D eigenvalue weighted by Crippen LogP contribution is -2.36. The van der Waals surface area contributed by atoms with Gasteiger partial charge in [0.2, 0.25) is 0 Å². The second-order valence-electron chi connectivity index (χ2n) is 12.5. The zero-order valence-electron chi connectivity index (χ0n) is 28.2. The number of nitrogens with zero attached hydrogens (tertiary/aromatic N) is 1. The fourth-order valence-electron chi connectivity index (χ4n) is 5.78. The number of benzene rings is 2.